The molecule has 4 aliphatic carbocycles. The van der Waals surface area contributed by atoms with Crippen molar-refractivity contribution in [2.24, 2.45) is 28.6 Å². The van der Waals surface area contributed by atoms with E-state index in [2.05, 4.69) is 39.5 Å². The Kier molecular flexibility index (Phi) is 5.88. The maximum absolute atomic E-state index is 13.2. The average Bonchev–Trinajstić information content (AvgIpc) is 2.96. The molecule has 0 saturated heterocycles. The summed E-state index contributed by atoms with van der Waals surface area (Å²) in [5, 5.41) is 0. The number of hydrogen-bond donors (Lipinski definition) is 0. The summed E-state index contributed by atoms with van der Waals surface area (Å²) in [7, 11) is 0. The Balaban J connectivity index is 1.68. The second kappa shape index (κ2) is 8.11. The van der Waals surface area contributed by atoms with Gasteiger partial charge in [0.1, 0.15) is 0 Å². The first-order valence-corrected chi connectivity index (χ1v) is 12.4. The molecule has 0 heterocycles. The highest BCUT2D eigenvalue weighted by atomic mass is 16.6. The van der Waals surface area contributed by atoms with E-state index in [1.165, 1.54) is 0 Å². The first-order valence-electron chi connectivity index (χ1n) is 12.4. The third-order valence-corrected chi connectivity index (χ3v) is 9.42. The van der Waals surface area contributed by atoms with Crippen LogP contribution >= 0.6 is 0 Å². The van der Waals surface area contributed by atoms with Gasteiger partial charge in [0.2, 0.25) is 0 Å². The molecule has 0 aliphatic heterocycles. The Labute approximate surface area is 192 Å². The van der Waals surface area contributed by atoms with E-state index >= 15 is 0 Å². The molecule has 4 rings (SSSR count). The molecule has 0 aromatic carbocycles. The van der Waals surface area contributed by atoms with Gasteiger partial charge in [-0.15, -0.1) is 0 Å². The summed E-state index contributed by atoms with van der Waals surface area (Å²) < 4.78 is 6.15. The van der Waals surface area contributed by atoms with Crippen molar-refractivity contribution >= 4 is 17.5 Å². The minimum Gasteiger partial charge on any atom is -0.446 e. The van der Waals surface area contributed by atoms with Gasteiger partial charge >= 0.3 is 5.97 Å². The van der Waals surface area contributed by atoms with E-state index in [0.717, 1.165) is 49.7 Å². The van der Waals surface area contributed by atoms with Gasteiger partial charge in [0.15, 0.2) is 17.2 Å². The van der Waals surface area contributed by atoms with Crippen LogP contribution in [-0.4, -0.2) is 23.1 Å². The van der Waals surface area contributed by atoms with E-state index in [0.29, 0.717) is 31.1 Å². The molecule has 4 nitrogen and oxygen atoms in total. The van der Waals surface area contributed by atoms with Crippen LogP contribution in [0.3, 0.4) is 0 Å². The molecular formula is C28H38O4. The summed E-state index contributed by atoms with van der Waals surface area (Å²) in [5.41, 5.74) is 0.244. The lowest BCUT2D eigenvalue weighted by atomic mass is 9.48. The number of allylic oxidation sites excluding steroid dienone is 4. The zero-order chi connectivity index (χ0) is 23.3. The maximum atomic E-state index is 13.2. The molecule has 0 aromatic heterocycles. The lowest BCUT2D eigenvalue weighted by Crippen LogP contribution is -2.58. The smallest absolute Gasteiger partial charge is 0.307 e. The Hall–Kier alpha value is -1.97. The molecule has 2 fully saturated rings. The number of carbonyl (C=O) groups excluding carboxylic acids is 3. The van der Waals surface area contributed by atoms with E-state index in [-0.39, 0.29) is 28.9 Å². The number of Topliss-reactive ketones (excluding diaryl/α,β-unsaturated/α-hetero) is 1. The van der Waals surface area contributed by atoms with E-state index in [1.807, 2.05) is 6.08 Å². The van der Waals surface area contributed by atoms with Gasteiger partial charge in [-0.3, -0.25) is 14.4 Å². The van der Waals surface area contributed by atoms with Crippen LogP contribution in [0.2, 0.25) is 0 Å². The highest BCUT2D eigenvalue weighted by molar-refractivity contribution is 5.93. The van der Waals surface area contributed by atoms with Crippen LogP contribution in [-0.2, 0) is 19.1 Å². The normalized spacial score (nSPS) is 40.2. The van der Waals surface area contributed by atoms with Gasteiger partial charge in [0.05, 0.1) is 0 Å². The summed E-state index contributed by atoms with van der Waals surface area (Å²) in [6, 6.07) is 0. The van der Waals surface area contributed by atoms with Gasteiger partial charge in [-0.25, -0.2) is 0 Å². The van der Waals surface area contributed by atoms with Crippen LogP contribution in [0, 0.1) is 28.6 Å². The highest BCUT2D eigenvalue weighted by Gasteiger charge is 2.69. The van der Waals surface area contributed by atoms with Gasteiger partial charge in [-0.05, 0) is 79.4 Å². The Morgan fingerprint density at radius 1 is 1.19 bits per heavy atom. The third kappa shape index (κ3) is 3.20. The number of esters is 1. The molecule has 0 aromatic rings. The van der Waals surface area contributed by atoms with Crippen molar-refractivity contribution in [2.45, 2.75) is 91.1 Å². The van der Waals surface area contributed by atoms with Crippen LogP contribution in [0.15, 0.2) is 36.0 Å². The van der Waals surface area contributed by atoms with Crippen LogP contribution in [0.25, 0.3) is 0 Å². The zero-order valence-corrected chi connectivity index (χ0v) is 20.2. The maximum Gasteiger partial charge on any atom is 0.307 e. The standard InChI is InChI=1S/C28H38O4/c1-6-7-8-9-25(31)32-28(19(3)29)18(2)16-24-22-11-10-20-17-21(30)12-14-26(20,4)23(22)13-15-27(24,28)5/h10-11,17,22-24H,2,6-9,12-16H2,1,3-5H3/t22-,23+,24+,26+,27+,28+/m1/s1. The minimum atomic E-state index is -1.22. The number of unbranched alkanes of at least 4 members (excludes halogenated alkanes) is 2. The predicted molar refractivity (Wildman–Crippen MR) is 125 cm³/mol. The van der Waals surface area contributed by atoms with E-state index in [4.69, 9.17) is 4.74 Å². The van der Waals surface area contributed by atoms with E-state index < -0.39 is 11.0 Å². The molecular weight excluding hydrogens is 400 g/mol. The van der Waals surface area contributed by atoms with Gasteiger partial charge in [-0.1, -0.05) is 52.3 Å². The molecule has 6 atom stereocenters. The quantitative estimate of drug-likeness (QED) is 0.294. The van der Waals surface area contributed by atoms with E-state index in [9.17, 15) is 14.4 Å². The molecule has 32 heavy (non-hydrogen) atoms. The van der Waals surface area contributed by atoms with Gasteiger partial charge < -0.3 is 4.74 Å². The van der Waals surface area contributed by atoms with Crippen molar-refractivity contribution in [1.82, 2.24) is 0 Å². The molecule has 4 heteroatoms. The highest BCUT2D eigenvalue weighted by Crippen LogP contribution is 2.68. The van der Waals surface area contributed by atoms with Gasteiger partial charge in [0, 0.05) is 18.3 Å². The second-order valence-electron chi connectivity index (χ2n) is 11.1. The fourth-order valence-electron chi connectivity index (χ4n) is 7.60. The van der Waals surface area contributed by atoms with Crippen molar-refractivity contribution in [3.8, 4) is 0 Å². The minimum absolute atomic E-state index is 0.00566. The third-order valence-electron chi connectivity index (χ3n) is 9.42. The lowest BCUT2D eigenvalue weighted by Gasteiger charge is -2.57. The molecule has 0 spiro atoms. The summed E-state index contributed by atoms with van der Waals surface area (Å²) in [6.07, 6.45) is 13.4. The number of rotatable bonds is 6. The van der Waals surface area contributed by atoms with Crippen LogP contribution < -0.4 is 0 Å². The first-order chi connectivity index (χ1) is 15.1. The molecule has 4 aliphatic rings. The van der Waals surface area contributed by atoms with Crippen molar-refractivity contribution in [1.29, 1.82) is 0 Å². The number of ketones is 2. The topological polar surface area (TPSA) is 60.4 Å². The summed E-state index contributed by atoms with van der Waals surface area (Å²) in [5.74, 6) is 0.779. The molecule has 0 amide bonds. The molecule has 0 bridgehead atoms. The van der Waals surface area contributed by atoms with Gasteiger partial charge in [0.25, 0.3) is 0 Å². The number of fused-ring (bicyclic) bond motifs is 5. The SMILES string of the molecule is C=C1C[C@H]2[C@@H]3C=CC4=CC(=O)CC[C@]4(C)[C@H]3CC[C@]2(C)[C@@]1(OC(=O)CCCCC)C(C)=O. The van der Waals surface area contributed by atoms with Crippen LogP contribution in [0.5, 0.6) is 0 Å². The van der Waals surface area contributed by atoms with Crippen molar-refractivity contribution in [3.63, 3.8) is 0 Å². The number of carbonyl (C=O) groups is 3. The summed E-state index contributed by atoms with van der Waals surface area (Å²) in [4.78, 5) is 38.1. The molecule has 174 valence electrons. The predicted octanol–water partition coefficient (Wildman–Crippen LogP) is 5.91. The molecule has 0 unspecified atom stereocenters. The monoisotopic (exact) mass is 438 g/mol. The Bertz CT molecular complexity index is 910. The van der Waals surface area contributed by atoms with Crippen LogP contribution in [0.4, 0.5) is 0 Å². The largest absolute Gasteiger partial charge is 0.446 e. The molecule has 2 saturated carbocycles. The summed E-state index contributed by atoms with van der Waals surface area (Å²) >= 11 is 0. The fourth-order valence-corrected chi connectivity index (χ4v) is 7.60. The van der Waals surface area contributed by atoms with Crippen molar-refractivity contribution < 1.29 is 19.1 Å². The van der Waals surface area contributed by atoms with E-state index in [1.54, 1.807) is 6.92 Å². The lowest BCUT2D eigenvalue weighted by molar-refractivity contribution is -0.181. The van der Waals surface area contributed by atoms with Crippen molar-refractivity contribution in [2.75, 3.05) is 0 Å². The number of hydrogen-bond acceptors (Lipinski definition) is 4. The first kappa shape index (κ1) is 23.2. The second-order valence-corrected chi connectivity index (χ2v) is 11.1. The fraction of sp³-hybridized carbons (Fsp3) is 0.679. The molecule has 0 radical (unpaired) electrons. The number of ether oxygens (including phenoxy) is 1. The summed E-state index contributed by atoms with van der Waals surface area (Å²) in [6.45, 7) is 12.4. The molecule has 0 N–H and O–H groups in total. The van der Waals surface area contributed by atoms with Gasteiger partial charge in [-0.2, -0.15) is 0 Å². The van der Waals surface area contributed by atoms with Crippen LogP contribution in [0.1, 0.15) is 85.5 Å². The Morgan fingerprint density at radius 3 is 2.62 bits per heavy atom. The Morgan fingerprint density at radius 2 is 1.94 bits per heavy atom. The zero-order valence-electron chi connectivity index (χ0n) is 20.2. The average molecular weight is 439 g/mol. The van der Waals surface area contributed by atoms with Crippen molar-refractivity contribution in [3.05, 3.63) is 36.0 Å².